The number of anilines is 6. The highest BCUT2D eigenvalue weighted by atomic mass is 16.3. The summed E-state index contributed by atoms with van der Waals surface area (Å²) in [7, 11) is 0. The molecule has 0 atom stereocenters. The zero-order valence-electron chi connectivity index (χ0n) is 38.2. The van der Waals surface area contributed by atoms with Gasteiger partial charge in [-0.1, -0.05) is 182 Å². The van der Waals surface area contributed by atoms with E-state index in [9.17, 15) is 0 Å². The fourth-order valence-corrected chi connectivity index (χ4v) is 11.7. The molecule has 2 aliphatic rings. The molecule has 70 heavy (non-hydrogen) atoms. The van der Waals surface area contributed by atoms with Crippen LogP contribution in [0.5, 0.6) is 0 Å². The molecule has 328 valence electrons. The molecule has 1 heterocycles. The summed E-state index contributed by atoms with van der Waals surface area (Å²) >= 11 is 0. The molecule has 12 aromatic rings. The average Bonchev–Trinajstić information content (AvgIpc) is 4.06. The smallest absolute Gasteiger partial charge is 0.136 e. The predicted molar refractivity (Wildman–Crippen MR) is 290 cm³/mol. The molecule has 2 aliphatic carbocycles. The SMILES string of the molecule is c1ccc(-c2ccc(N(c3ccccc3)c3ccc4c(c3)C3(c5cc(N(c6ccccc6)c6ccc(-c7ccccc7)cc6)ccc5-4)c4ccccc4-c4c3ccc3oc5ccccc5c43)cc2)cc1. The van der Waals surface area contributed by atoms with Crippen molar-refractivity contribution in [1.82, 2.24) is 0 Å². The molecule has 0 radical (unpaired) electrons. The van der Waals surface area contributed by atoms with Gasteiger partial charge in [-0.05, 0) is 152 Å². The molecule has 1 aromatic heterocycles. The molecule has 0 bridgehead atoms. The Morgan fingerprint density at radius 2 is 0.700 bits per heavy atom. The van der Waals surface area contributed by atoms with Gasteiger partial charge < -0.3 is 14.2 Å². The maximum atomic E-state index is 6.64. The van der Waals surface area contributed by atoms with Crippen molar-refractivity contribution in [2.45, 2.75) is 5.41 Å². The quantitative estimate of drug-likeness (QED) is 0.152. The van der Waals surface area contributed by atoms with Gasteiger partial charge in [0.15, 0.2) is 0 Å². The molecule has 14 rings (SSSR count). The van der Waals surface area contributed by atoms with Crippen LogP contribution in [0.25, 0.3) is 66.4 Å². The third-order valence-electron chi connectivity index (χ3n) is 14.7. The number of hydrogen-bond donors (Lipinski definition) is 0. The topological polar surface area (TPSA) is 19.6 Å². The van der Waals surface area contributed by atoms with Gasteiger partial charge in [0.1, 0.15) is 11.2 Å². The standard InChI is InChI=1S/C67H44N2O/c1-5-17-45(18-6-1)47-29-33-51(34-30-47)68(49-21-9-3-10-22-49)53-37-39-55-56-40-38-54(69(50-23-11-4-12-24-50)52-35-31-48(32-36-52)46-19-7-2-8-20-46)44-62(56)67(61(55)43-53)59-27-15-13-25-57(59)65-60(67)41-42-64-66(65)58-26-14-16-28-63(58)70-64/h1-44H. The zero-order chi connectivity index (χ0) is 46.2. The Morgan fingerprint density at radius 3 is 1.24 bits per heavy atom. The maximum Gasteiger partial charge on any atom is 0.136 e. The van der Waals surface area contributed by atoms with Crippen LogP contribution in [0.4, 0.5) is 34.1 Å². The van der Waals surface area contributed by atoms with Gasteiger partial charge in [-0.2, -0.15) is 0 Å². The van der Waals surface area contributed by atoms with Gasteiger partial charge in [0.2, 0.25) is 0 Å². The summed E-state index contributed by atoms with van der Waals surface area (Å²) in [5.74, 6) is 0. The Morgan fingerprint density at radius 1 is 0.271 bits per heavy atom. The molecule has 0 N–H and O–H groups in total. The molecule has 0 saturated heterocycles. The van der Waals surface area contributed by atoms with E-state index in [4.69, 9.17) is 4.42 Å². The summed E-state index contributed by atoms with van der Waals surface area (Å²) in [6.45, 7) is 0. The van der Waals surface area contributed by atoms with Crippen LogP contribution < -0.4 is 9.80 Å². The van der Waals surface area contributed by atoms with Gasteiger partial charge in [-0.15, -0.1) is 0 Å². The molecule has 3 heteroatoms. The van der Waals surface area contributed by atoms with Crippen LogP contribution in [0.3, 0.4) is 0 Å². The summed E-state index contributed by atoms with van der Waals surface area (Å²) in [6.07, 6.45) is 0. The highest BCUT2D eigenvalue weighted by Crippen LogP contribution is 2.65. The molecular weight excluding hydrogens is 849 g/mol. The van der Waals surface area contributed by atoms with E-state index in [-0.39, 0.29) is 0 Å². The van der Waals surface area contributed by atoms with Gasteiger partial charge in [0.25, 0.3) is 0 Å². The van der Waals surface area contributed by atoms with Crippen molar-refractivity contribution >= 4 is 56.1 Å². The van der Waals surface area contributed by atoms with Crippen LogP contribution in [-0.2, 0) is 5.41 Å². The first-order valence-corrected chi connectivity index (χ1v) is 24.1. The number of hydrogen-bond acceptors (Lipinski definition) is 3. The average molecular weight is 893 g/mol. The number of furan rings is 1. The lowest BCUT2D eigenvalue weighted by atomic mass is 9.70. The van der Waals surface area contributed by atoms with Crippen molar-refractivity contribution in [2.24, 2.45) is 0 Å². The Labute approximate surface area is 407 Å². The molecule has 1 spiro atoms. The lowest BCUT2D eigenvalue weighted by Gasteiger charge is -2.33. The molecular formula is C67H44N2O. The summed E-state index contributed by atoms with van der Waals surface area (Å²) in [4.78, 5) is 4.81. The van der Waals surface area contributed by atoms with Crippen LogP contribution in [-0.4, -0.2) is 0 Å². The number of benzene rings is 11. The minimum absolute atomic E-state index is 0.672. The third-order valence-corrected chi connectivity index (χ3v) is 14.7. The molecule has 11 aromatic carbocycles. The minimum Gasteiger partial charge on any atom is -0.456 e. The van der Waals surface area contributed by atoms with E-state index >= 15 is 0 Å². The second-order valence-electron chi connectivity index (χ2n) is 18.4. The molecule has 0 aliphatic heterocycles. The van der Waals surface area contributed by atoms with Crippen LogP contribution in [0.1, 0.15) is 22.3 Å². The first-order valence-electron chi connectivity index (χ1n) is 24.1. The zero-order valence-corrected chi connectivity index (χ0v) is 38.2. The second kappa shape index (κ2) is 16.0. The maximum absolute atomic E-state index is 6.64. The molecule has 0 saturated carbocycles. The van der Waals surface area contributed by atoms with Gasteiger partial charge in [-0.3, -0.25) is 0 Å². The van der Waals surface area contributed by atoms with E-state index in [1.807, 2.05) is 0 Å². The lowest BCUT2D eigenvalue weighted by molar-refractivity contribution is 0.668. The van der Waals surface area contributed by atoms with Crippen molar-refractivity contribution in [3.63, 3.8) is 0 Å². The van der Waals surface area contributed by atoms with Crippen molar-refractivity contribution < 1.29 is 4.42 Å². The van der Waals surface area contributed by atoms with Gasteiger partial charge in [-0.25, -0.2) is 0 Å². The summed E-state index contributed by atoms with van der Waals surface area (Å²) < 4.78 is 6.64. The highest BCUT2D eigenvalue weighted by Gasteiger charge is 2.53. The summed E-state index contributed by atoms with van der Waals surface area (Å²) in [6, 6.07) is 97.2. The Hall–Kier alpha value is -9.18. The molecule has 3 nitrogen and oxygen atoms in total. The number of fused-ring (bicyclic) bond motifs is 14. The first kappa shape index (κ1) is 39.9. The van der Waals surface area contributed by atoms with Crippen molar-refractivity contribution in [3.8, 4) is 44.5 Å². The van der Waals surface area contributed by atoms with Gasteiger partial charge >= 0.3 is 0 Å². The monoisotopic (exact) mass is 892 g/mol. The van der Waals surface area contributed by atoms with E-state index in [0.717, 1.165) is 56.1 Å². The molecule has 0 unspecified atom stereocenters. The van der Waals surface area contributed by atoms with Crippen LogP contribution in [0.15, 0.2) is 271 Å². The molecule has 0 fully saturated rings. The van der Waals surface area contributed by atoms with Crippen molar-refractivity contribution in [2.75, 3.05) is 9.80 Å². The fourth-order valence-electron chi connectivity index (χ4n) is 11.7. The third kappa shape index (κ3) is 6.08. The second-order valence-corrected chi connectivity index (χ2v) is 18.4. The van der Waals surface area contributed by atoms with Gasteiger partial charge in [0.05, 0.1) is 5.41 Å². The van der Waals surface area contributed by atoms with Crippen LogP contribution >= 0.6 is 0 Å². The van der Waals surface area contributed by atoms with Crippen molar-refractivity contribution in [3.05, 3.63) is 289 Å². The van der Waals surface area contributed by atoms with Crippen LogP contribution in [0.2, 0.25) is 0 Å². The summed E-state index contributed by atoms with van der Waals surface area (Å²) in [5, 5.41) is 2.29. The normalized spacial score (nSPS) is 12.7. The van der Waals surface area contributed by atoms with E-state index in [1.54, 1.807) is 0 Å². The van der Waals surface area contributed by atoms with E-state index in [0.29, 0.717) is 0 Å². The Bertz CT molecular complexity index is 3740. The first-order chi connectivity index (χ1) is 34.7. The van der Waals surface area contributed by atoms with Gasteiger partial charge in [0, 0.05) is 44.9 Å². The Balaban J connectivity index is 1.02. The minimum atomic E-state index is -0.672. The van der Waals surface area contributed by atoms with E-state index in [2.05, 4.69) is 277 Å². The number of rotatable bonds is 8. The number of para-hydroxylation sites is 3. The molecule has 0 amide bonds. The highest BCUT2D eigenvalue weighted by molar-refractivity contribution is 6.16. The number of nitrogens with zero attached hydrogens (tertiary/aromatic N) is 2. The largest absolute Gasteiger partial charge is 0.456 e. The van der Waals surface area contributed by atoms with Crippen LogP contribution in [0, 0.1) is 0 Å². The predicted octanol–water partition coefficient (Wildman–Crippen LogP) is 18.2. The van der Waals surface area contributed by atoms with E-state index in [1.165, 1.54) is 66.8 Å². The summed E-state index contributed by atoms with van der Waals surface area (Å²) in [5.41, 5.74) is 22.4. The Kier molecular flexibility index (Phi) is 9.11. The fraction of sp³-hybridized carbons (Fsp3) is 0.0149. The van der Waals surface area contributed by atoms with E-state index < -0.39 is 5.41 Å². The lowest BCUT2D eigenvalue weighted by Crippen LogP contribution is -2.26. The van der Waals surface area contributed by atoms with Crippen molar-refractivity contribution in [1.29, 1.82) is 0 Å².